The summed E-state index contributed by atoms with van der Waals surface area (Å²) in [4.78, 5) is 8.45. The molecule has 7 nitrogen and oxygen atoms in total. The topological polar surface area (TPSA) is 110 Å². The molecular formula is C19H18FN5O2S2. The van der Waals surface area contributed by atoms with E-state index in [-0.39, 0.29) is 17.4 Å². The second-order valence-corrected chi connectivity index (χ2v) is 8.89. The van der Waals surface area contributed by atoms with Crippen LogP contribution in [0.2, 0.25) is 0 Å². The zero-order valence-corrected chi connectivity index (χ0v) is 17.0. The van der Waals surface area contributed by atoms with Gasteiger partial charge in [0.1, 0.15) is 11.6 Å². The minimum absolute atomic E-state index is 0.195. The molecule has 1 aromatic heterocycles. The highest BCUT2D eigenvalue weighted by Gasteiger charge is 2.11. The minimum Gasteiger partial charge on any atom is -0.384 e. The summed E-state index contributed by atoms with van der Waals surface area (Å²) >= 11 is 5.25. The number of halogens is 1. The van der Waals surface area contributed by atoms with Gasteiger partial charge in [-0.05, 0) is 60.7 Å². The maximum absolute atomic E-state index is 13.0. The van der Waals surface area contributed by atoms with Crippen LogP contribution in [0, 0.1) is 5.82 Å². The Morgan fingerprint density at radius 2 is 1.59 bits per heavy atom. The van der Waals surface area contributed by atoms with Crippen molar-refractivity contribution in [1.29, 1.82) is 0 Å². The van der Waals surface area contributed by atoms with E-state index in [1.54, 1.807) is 36.4 Å². The quantitative estimate of drug-likeness (QED) is 0.528. The molecule has 0 aliphatic carbocycles. The summed E-state index contributed by atoms with van der Waals surface area (Å²) in [7, 11) is -3.24. The number of nitrogens with two attached hydrogens (primary N) is 1. The summed E-state index contributed by atoms with van der Waals surface area (Å²) in [5, 5.41) is 6.32. The Morgan fingerprint density at radius 1 is 1.03 bits per heavy atom. The largest absolute Gasteiger partial charge is 0.384 e. The van der Waals surface area contributed by atoms with Gasteiger partial charge in [-0.2, -0.15) is 0 Å². The van der Waals surface area contributed by atoms with Crippen LogP contribution in [-0.4, -0.2) is 29.8 Å². The van der Waals surface area contributed by atoms with E-state index in [1.165, 1.54) is 18.2 Å². The molecule has 0 bridgehead atoms. The number of hydrogen-bond acceptors (Lipinski definition) is 6. The van der Waals surface area contributed by atoms with Crippen LogP contribution in [0.1, 0.15) is 5.69 Å². The van der Waals surface area contributed by atoms with Gasteiger partial charge in [-0.15, -0.1) is 0 Å². The number of nitrogens with one attached hydrogen (secondary N) is 2. The van der Waals surface area contributed by atoms with Crippen molar-refractivity contribution in [2.45, 2.75) is 5.75 Å². The molecule has 29 heavy (non-hydrogen) atoms. The molecule has 0 atom stereocenters. The van der Waals surface area contributed by atoms with Crippen molar-refractivity contribution in [3.05, 3.63) is 66.1 Å². The van der Waals surface area contributed by atoms with Crippen molar-refractivity contribution < 1.29 is 12.8 Å². The van der Waals surface area contributed by atoms with E-state index in [2.05, 4.69) is 20.6 Å². The van der Waals surface area contributed by atoms with Gasteiger partial charge in [0.2, 0.25) is 0 Å². The summed E-state index contributed by atoms with van der Waals surface area (Å²) in [5.41, 5.74) is 8.17. The van der Waals surface area contributed by atoms with Crippen LogP contribution in [0.15, 0.2) is 54.6 Å². The predicted molar refractivity (Wildman–Crippen MR) is 117 cm³/mol. The van der Waals surface area contributed by atoms with Gasteiger partial charge in [-0.25, -0.2) is 22.8 Å². The van der Waals surface area contributed by atoms with Crippen molar-refractivity contribution in [2.75, 3.05) is 22.6 Å². The lowest BCUT2D eigenvalue weighted by atomic mass is 10.2. The first kappa shape index (κ1) is 20.6. The molecular weight excluding hydrogens is 413 g/mol. The lowest BCUT2D eigenvalue weighted by Crippen LogP contribution is -2.18. The second-order valence-electron chi connectivity index (χ2n) is 6.34. The first-order valence-corrected chi connectivity index (χ1v) is 10.9. The van der Waals surface area contributed by atoms with Gasteiger partial charge in [0.25, 0.3) is 0 Å². The number of benzene rings is 2. The highest BCUT2D eigenvalue weighted by molar-refractivity contribution is 7.89. The number of nitrogens with zero attached hydrogens (tertiary/aromatic N) is 2. The molecule has 0 saturated carbocycles. The Morgan fingerprint density at radius 3 is 2.14 bits per heavy atom. The minimum atomic E-state index is -3.24. The van der Waals surface area contributed by atoms with Crippen molar-refractivity contribution >= 4 is 44.4 Å². The van der Waals surface area contributed by atoms with E-state index in [4.69, 9.17) is 18.0 Å². The maximum Gasteiger partial charge on any atom is 0.175 e. The SMILES string of the molecule is CS(=O)(=O)Cc1cc(N)nc(-c2ccc(NC(=S)Nc3ccc(F)cc3)cc2)n1. The molecule has 3 rings (SSSR count). The van der Waals surface area contributed by atoms with Gasteiger partial charge < -0.3 is 16.4 Å². The third-order valence-electron chi connectivity index (χ3n) is 3.71. The Balaban J connectivity index is 1.71. The molecule has 0 radical (unpaired) electrons. The first-order valence-electron chi connectivity index (χ1n) is 8.43. The molecule has 0 saturated heterocycles. The Hall–Kier alpha value is -3.11. The molecule has 2 aromatic carbocycles. The van der Waals surface area contributed by atoms with Crippen LogP contribution in [0.25, 0.3) is 11.4 Å². The number of nitrogen functional groups attached to an aromatic ring is 1. The molecule has 3 aromatic rings. The zero-order valence-electron chi connectivity index (χ0n) is 15.4. The fourth-order valence-electron chi connectivity index (χ4n) is 2.52. The molecule has 0 aliphatic rings. The van der Waals surface area contributed by atoms with Gasteiger partial charge >= 0.3 is 0 Å². The van der Waals surface area contributed by atoms with E-state index < -0.39 is 9.84 Å². The summed E-state index contributed by atoms with van der Waals surface area (Å²) in [6.07, 6.45) is 1.13. The van der Waals surface area contributed by atoms with E-state index in [0.717, 1.165) is 6.26 Å². The predicted octanol–water partition coefficient (Wildman–Crippen LogP) is 3.22. The zero-order chi connectivity index (χ0) is 21.0. The fraction of sp³-hybridized carbons (Fsp3) is 0.105. The molecule has 0 aliphatic heterocycles. The van der Waals surface area contributed by atoms with E-state index in [9.17, 15) is 12.8 Å². The van der Waals surface area contributed by atoms with Gasteiger partial charge in [0.05, 0.1) is 11.4 Å². The average molecular weight is 432 g/mol. The fourth-order valence-corrected chi connectivity index (χ4v) is 3.44. The molecule has 1 heterocycles. The Bertz CT molecular complexity index is 1130. The lowest BCUT2D eigenvalue weighted by molar-refractivity contribution is 0.600. The van der Waals surface area contributed by atoms with Crippen LogP contribution in [0.3, 0.4) is 0 Å². The van der Waals surface area contributed by atoms with E-state index in [1.807, 2.05) is 0 Å². The van der Waals surface area contributed by atoms with Gasteiger partial charge in [0, 0.05) is 29.3 Å². The second kappa shape index (κ2) is 8.50. The van der Waals surface area contributed by atoms with Crippen molar-refractivity contribution in [3.8, 4) is 11.4 Å². The smallest absolute Gasteiger partial charge is 0.175 e. The normalized spacial score (nSPS) is 11.1. The molecule has 0 unspecified atom stereocenters. The van der Waals surface area contributed by atoms with Crippen molar-refractivity contribution in [3.63, 3.8) is 0 Å². The van der Waals surface area contributed by atoms with Crippen LogP contribution in [-0.2, 0) is 15.6 Å². The highest BCUT2D eigenvalue weighted by atomic mass is 32.2. The van der Waals surface area contributed by atoms with Crippen LogP contribution in [0.5, 0.6) is 0 Å². The lowest BCUT2D eigenvalue weighted by Gasteiger charge is -2.11. The molecule has 0 spiro atoms. The standard InChI is InChI=1S/C19H18FN5O2S2/c1-29(26,27)11-16-10-17(21)25-18(22-16)12-2-6-14(7-3-12)23-19(28)24-15-8-4-13(20)5-9-15/h2-10H,11H2,1H3,(H2,21,22,25)(H2,23,24,28). The molecule has 4 N–H and O–H groups in total. The molecule has 150 valence electrons. The van der Waals surface area contributed by atoms with Gasteiger partial charge in [0.15, 0.2) is 20.8 Å². The van der Waals surface area contributed by atoms with Crippen molar-refractivity contribution in [2.24, 2.45) is 0 Å². The van der Waals surface area contributed by atoms with E-state index in [0.29, 0.717) is 33.6 Å². The summed E-state index contributed by atoms with van der Waals surface area (Å²) < 4.78 is 36.0. The third kappa shape index (κ3) is 6.19. The third-order valence-corrected chi connectivity index (χ3v) is 4.74. The Kier molecular flexibility index (Phi) is 6.04. The molecule has 0 amide bonds. The van der Waals surface area contributed by atoms with Crippen LogP contribution in [0.4, 0.5) is 21.6 Å². The van der Waals surface area contributed by atoms with Gasteiger partial charge in [-0.1, -0.05) is 0 Å². The first-order chi connectivity index (χ1) is 13.7. The monoisotopic (exact) mass is 431 g/mol. The summed E-state index contributed by atoms with van der Waals surface area (Å²) in [5.74, 6) is -0.00778. The number of anilines is 3. The summed E-state index contributed by atoms with van der Waals surface area (Å²) in [6, 6.07) is 14.4. The Labute approximate surface area is 173 Å². The number of aromatic nitrogens is 2. The number of hydrogen-bond donors (Lipinski definition) is 3. The number of rotatable bonds is 5. The maximum atomic E-state index is 13.0. The van der Waals surface area contributed by atoms with Gasteiger partial charge in [-0.3, -0.25) is 0 Å². The van der Waals surface area contributed by atoms with Crippen LogP contribution >= 0.6 is 12.2 Å². The number of thiocarbonyl (C=S) groups is 1. The average Bonchev–Trinajstić information content (AvgIpc) is 2.62. The highest BCUT2D eigenvalue weighted by Crippen LogP contribution is 2.20. The van der Waals surface area contributed by atoms with Crippen LogP contribution < -0.4 is 16.4 Å². The van der Waals surface area contributed by atoms with E-state index >= 15 is 0 Å². The van der Waals surface area contributed by atoms with Crippen molar-refractivity contribution in [1.82, 2.24) is 9.97 Å². The summed E-state index contributed by atoms with van der Waals surface area (Å²) in [6.45, 7) is 0. The molecule has 0 fully saturated rings. The number of sulfone groups is 1. The molecule has 10 heteroatoms.